The van der Waals surface area contributed by atoms with Crippen LogP contribution in [0.5, 0.6) is 0 Å². The third kappa shape index (κ3) is 3.72. The summed E-state index contributed by atoms with van der Waals surface area (Å²) in [6.45, 7) is 7.56. The van der Waals surface area contributed by atoms with E-state index in [9.17, 15) is 0 Å². The summed E-state index contributed by atoms with van der Waals surface area (Å²) >= 11 is 5.53. The van der Waals surface area contributed by atoms with Gasteiger partial charge in [0.05, 0.1) is 0 Å². The molecule has 0 spiro atoms. The zero-order valence-electron chi connectivity index (χ0n) is 12.4. The SMILES string of the molecule is CCCC(NCC)c1ccc(-c2ccc(C)c(Br)c2)s1. The molecule has 20 heavy (non-hydrogen) atoms. The van der Waals surface area contributed by atoms with E-state index in [0.29, 0.717) is 6.04 Å². The lowest BCUT2D eigenvalue weighted by Gasteiger charge is -2.15. The first-order valence-electron chi connectivity index (χ1n) is 7.25. The van der Waals surface area contributed by atoms with Crippen LogP contribution in [0.2, 0.25) is 0 Å². The first-order valence-corrected chi connectivity index (χ1v) is 8.86. The van der Waals surface area contributed by atoms with Crippen LogP contribution in [0.25, 0.3) is 10.4 Å². The smallest absolute Gasteiger partial charge is 0.0414 e. The van der Waals surface area contributed by atoms with E-state index in [1.165, 1.54) is 38.2 Å². The number of thiophene rings is 1. The minimum atomic E-state index is 0.498. The summed E-state index contributed by atoms with van der Waals surface area (Å²) in [7, 11) is 0. The molecule has 1 heterocycles. The molecule has 1 unspecified atom stereocenters. The first-order chi connectivity index (χ1) is 9.65. The number of halogens is 1. The van der Waals surface area contributed by atoms with E-state index in [-0.39, 0.29) is 0 Å². The molecule has 1 aromatic carbocycles. The van der Waals surface area contributed by atoms with Crippen molar-refractivity contribution in [2.24, 2.45) is 0 Å². The van der Waals surface area contributed by atoms with Crippen LogP contribution in [0.15, 0.2) is 34.8 Å². The molecule has 108 valence electrons. The summed E-state index contributed by atoms with van der Waals surface area (Å²) in [4.78, 5) is 2.79. The van der Waals surface area contributed by atoms with E-state index in [4.69, 9.17) is 0 Å². The fourth-order valence-electron chi connectivity index (χ4n) is 2.32. The van der Waals surface area contributed by atoms with Crippen molar-refractivity contribution >= 4 is 27.3 Å². The fourth-order valence-corrected chi connectivity index (χ4v) is 3.81. The average Bonchev–Trinajstić information content (AvgIpc) is 2.91. The maximum absolute atomic E-state index is 3.62. The minimum absolute atomic E-state index is 0.498. The number of nitrogens with one attached hydrogen (secondary N) is 1. The molecule has 0 bridgehead atoms. The summed E-state index contributed by atoms with van der Waals surface area (Å²) in [6, 6.07) is 11.6. The van der Waals surface area contributed by atoms with Crippen molar-refractivity contribution in [1.29, 1.82) is 0 Å². The maximum Gasteiger partial charge on any atom is 0.0414 e. The van der Waals surface area contributed by atoms with Crippen molar-refractivity contribution in [2.45, 2.75) is 39.7 Å². The lowest BCUT2D eigenvalue weighted by molar-refractivity contribution is 0.516. The molecule has 0 fully saturated rings. The van der Waals surface area contributed by atoms with Gasteiger partial charge in [-0.05, 0) is 49.2 Å². The molecule has 0 aliphatic heterocycles. The zero-order chi connectivity index (χ0) is 14.5. The molecular formula is C17H22BrNS. The van der Waals surface area contributed by atoms with Crippen LogP contribution < -0.4 is 5.32 Å². The maximum atomic E-state index is 3.62. The molecule has 3 heteroatoms. The van der Waals surface area contributed by atoms with E-state index in [2.05, 4.69) is 72.3 Å². The largest absolute Gasteiger partial charge is 0.310 e. The molecule has 2 aromatic rings. The molecule has 0 saturated heterocycles. The fraction of sp³-hybridized carbons (Fsp3) is 0.412. The molecule has 0 aliphatic carbocycles. The van der Waals surface area contributed by atoms with Gasteiger partial charge in [-0.2, -0.15) is 0 Å². The van der Waals surface area contributed by atoms with Gasteiger partial charge < -0.3 is 5.32 Å². The van der Waals surface area contributed by atoms with Crippen molar-refractivity contribution in [3.05, 3.63) is 45.2 Å². The molecule has 0 radical (unpaired) electrons. The number of rotatable bonds is 6. The number of hydrogen-bond acceptors (Lipinski definition) is 2. The molecule has 1 atom stereocenters. The molecule has 2 rings (SSSR count). The Balaban J connectivity index is 2.24. The van der Waals surface area contributed by atoms with Gasteiger partial charge in [0, 0.05) is 20.3 Å². The molecule has 0 saturated carbocycles. The topological polar surface area (TPSA) is 12.0 Å². The lowest BCUT2D eigenvalue weighted by Crippen LogP contribution is -2.19. The quantitative estimate of drug-likeness (QED) is 0.679. The molecule has 1 N–H and O–H groups in total. The van der Waals surface area contributed by atoms with Gasteiger partial charge in [-0.25, -0.2) is 0 Å². The zero-order valence-corrected chi connectivity index (χ0v) is 14.8. The second-order valence-electron chi connectivity index (χ2n) is 5.06. The predicted molar refractivity (Wildman–Crippen MR) is 93.5 cm³/mol. The number of hydrogen-bond donors (Lipinski definition) is 1. The van der Waals surface area contributed by atoms with Gasteiger partial charge in [0.1, 0.15) is 0 Å². The van der Waals surface area contributed by atoms with Gasteiger partial charge in [-0.3, -0.25) is 0 Å². The van der Waals surface area contributed by atoms with Crippen molar-refractivity contribution in [3.8, 4) is 10.4 Å². The molecular weight excluding hydrogens is 330 g/mol. The van der Waals surface area contributed by atoms with Crippen LogP contribution in [0.3, 0.4) is 0 Å². The summed E-state index contributed by atoms with van der Waals surface area (Å²) in [5.74, 6) is 0. The van der Waals surface area contributed by atoms with Gasteiger partial charge in [0.15, 0.2) is 0 Å². The van der Waals surface area contributed by atoms with E-state index in [1.54, 1.807) is 0 Å². The standard InChI is InChI=1S/C17H22BrNS/c1-4-6-15(19-5-2)17-10-9-16(20-17)13-8-7-12(3)14(18)11-13/h7-11,15,19H,4-6H2,1-3H3. The normalized spacial score (nSPS) is 12.6. The Bertz CT molecular complexity index is 556. The lowest BCUT2D eigenvalue weighted by atomic mass is 10.1. The second kappa shape index (κ2) is 7.39. The van der Waals surface area contributed by atoms with E-state index < -0.39 is 0 Å². The highest BCUT2D eigenvalue weighted by Gasteiger charge is 2.12. The van der Waals surface area contributed by atoms with Crippen LogP contribution in [0.1, 0.15) is 43.2 Å². The second-order valence-corrected chi connectivity index (χ2v) is 7.03. The van der Waals surface area contributed by atoms with Crippen molar-refractivity contribution in [3.63, 3.8) is 0 Å². The van der Waals surface area contributed by atoms with Gasteiger partial charge in [0.25, 0.3) is 0 Å². The predicted octanol–water partition coefficient (Wildman–Crippen LogP) is 5.94. The van der Waals surface area contributed by atoms with Crippen molar-refractivity contribution in [1.82, 2.24) is 5.32 Å². The van der Waals surface area contributed by atoms with Crippen LogP contribution in [0.4, 0.5) is 0 Å². The van der Waals surface area contributed by atoms with Gasteiger partial charge in [-0.1, -0.05) is 48.3 Å². The van der Waals surface area contributed by atoms with E-state index >= 15 is 0 Å². The third-order valence-electron chi connectivity index (χ3n) is 3.45. The van der Waals surface area contributed by atoms with Crippen molar-refractivity contribution < 1.29 is 0 Å². The highest BCUT2D eigenvalue weighted by molar-refractivity contribution is 9.10. The van der Waals surface area contributed by atoms with Gasteiger partial charge in [0.2, 0.25) is 0 Å². The van der Waals surface area contributed by atoms with Crippen LogP contribution >= 0.6 is 27.3 Å². The molecule has 0 aliphatic rings. The molecule has 1 aromatic heterocycles. The Kier molecular flexibility index (Phi) is 5.82. The van der Waals surface area contributed by atoms with Crippen LogP contribution in [-0.4, -0.2) is 6.54 Å². The van der Waals surface area contributed by atoms with E-state index in [1.807, 2.05) is 11.3 Å². The Labute approximate surface area is 134 Å². The van der Waals surface area contributed by atoms with Gasteiger partial charge in [-0.15, -0.1) is 11.3 Å². The van der Waals surface area contributed by atoms with Crippen molar-refractivity contribution in [2.75, 3.05) is 6.54 Å². The minimum Gasteiger partial charge on any atom is -0.310 e. The highest BCUT2D eigenvalue weighted by Crippen LogP contribution is 2.34. The summed E-state index contributed by atoms with van der Waals surface area (Å²) in [5.41, 5.74) is 2.58. The average molecular weight is 352 g/mol. The van der Waals surface area contributed by atoms with Crippen LogP contribution in [-0.2, 0) is 0 Å². The van der Waals surface area contributed by atoms with E-state index in [0.717, 1.165) is 6.54 Å². The first kappa shape index (κ1) is 15.7. The number of benzene rings is 1. The highest BCUT2D eigenvalue weighted by atomic mass is 79.9. The van der Waals surface area contributed by atoms with Crippen LogP contribution in [0, 0.1) is 6.92 Å². The third-order valence-corrected chi connectivity index (χ3v) is 5.56. The summed E-state index contributed by atoms with van der Waals surface area (Å²) in [5, 5.41) is 3.59. The molecule has 0 amide bonds. The summed E-state index contributed by atoms with van der Waals surface area (Å²) < 4.78 is 1.18. The van der Waals surface area contributed by atoms with Gasteiger partial charge >= 0.3 is 0 Å². The monoisotopic (exact) mass is 351 g/mol. The summed E-state index contributed by atoms with van der Waals surface area (Å²) in [6.07, 6.45) is 2.41. The Morgan fingerprint density at radius 1 is 1.20 bits per heavy atom. The number of aryl methyl sites for hydroxylation is 1. The Morgan fingerprint density at radius 2 is 2.00 bits per heavy atom. The Morgan fingerprint density at radius 3 is 2.65 bits per heavy atom. The molecule has 1 nitrogen and oxygen atoms in total. The Hall–Kier alpha value is -0.640.